The van der Waals surface area contributed by atoms with Crippen LogP contribution in [0, 0.1) is 5.82 Å². The molecule has 0 atom stereocenters. The van der Waals surface area contributed by atoms with Crippen LogP contribution >= 0.6 is 0 Å². The van der Waals surface area contributed by atoms with Crippen molar-refractivity contribution in [2.75, 3.05) is 6.54 Å². The lowest BCUT2D eigenvalue weighted by Gasteiger charge is -2.27. The number of hydrogen-bond donors (Lipinski definition) is 0. The molecule has 0 saturated heterocycles. The maximum absolute atomic E-state index is 13.6. The highest BCUT2D eigenvalue weighted by molar-refractivity contribution is 6.09. The first-order valence-electron chi connectivity index (χ1n) is 9.71. The Morgan fingerprint density at radius 2 is 1.67 bits per heavy atom. The van der Waals surface area contributed by atoms with E-state index in [2.05, 4.69) is 36.2 Å². The van der Waals surface area contributed by atoms with E-state index in [1.54, 1.807) is 0 Å². The summed E-state index contributed by atoms with van der Waals surface area (Å²) in [5, 5.41) is 12.3. The Balaban J connectivity index is 2.07. The first-order chi connectivity index (χ1) is 12.9. The number of aromatic nitrogens is 1. The standard InChI is InChI=1S/C22H25FN4/c1-22(2,3)21-20(18-13-24-27-26-18)19(14-9-11-15(23)12-10-14)16-7-5-4-6-8-17(16)25-21/h9-12H,4-8,13H2,1-3H3. The van der Waals surface area contributed by atoms with E-state index >= 15 is 0 Å². The third-order valence-corrected chi connectivity index (χ3v) is 5.31. The van der Waals surface area contributed by atoms with Crippen molar-refractivity contribution in [3.8, 4) is 11.1 Å². The van der Waals surface area contributed by atoms with Crippen LogP contribution in [0.3, 0.4) is 0 Å². The van der Waals surface area contributed by atoms with Gasteiger partial charge < -0.3 is 0 Å². The number of fused-ring (bicyclic) bond motifs is 1. The van der Waals surface area contributed by atoms with Crippen molar-refractivity contribution >= 4 is 5.71 Å². The average molecular weight is 364 g/mol. The number of rotatable bonds is 2. The lowest BCUT2D eigenvalue weighted by Crippen LogP contribution is -2.23. The number of halogens is 1. The second-order valence-corrected chi connectivity index (χ2v) is 8.39. The molecule has 140 valence electrons. The first kappa shape index (κ1) is 18.0. The largest absolute Gasteiger partial charge is 0.256 e. The Labute approximate surface area is 159 Å². The molecule has 0 spiro atoms. The van der Waals surface area contributed by atoms with Crippen molar-refractivity contribution in [2.45, 2.75) is 58.3 Å². The molecule has 4 rings (SSSR count). The van der Waals surface area contributed by atoms with Crippen LogP contribution in [-0.4, -0.2) is 17.2 Å². The van der Waals surface area contributed by atoms with Crippen LogP contribution in [0.2, 0.25) is 0 Å². The summed E-state index contributed by atoms with van der Waals surface area (Å²) in [6.45, 7) is 7.01. The van der Waals surface area contributed by atoms with Gasteiger partial charge in [0.15, 0.2) is 0 Å². The fraction of sp³-hybridized carbons (Fsp3) is 0.455. The Bertz CT molecular complexity index is 921. The number of nitrogens with zero attached hydrogens (tertiary/aromatic N) is 4. The van der Waals surface area contributed by atoms with Gasteiger partial charge in [0.1, 0.15) is 12.4 Å². The zero-order valence-corrected chi connectivity index (χ0v) is 16.2. The van der Waals surface area contributed by atoms with Gasteiger partial charge in [0, 0.05) is 16.7 Å². The average Bonchev–Trinajstić information content (AvgIpc) is 3.05. The number of benzene rings is 1. The maximum Gasteiger partial charge on any atom is 0.123 e. The Morgan fingerprint density at radius 3 is 2.33 bits per heavy atom. The molecule has 5 heteroatoms. The molecule has 1 aromatic carbocycles. The van der Waals surface area contributed by atoms with Crippen molar-refractivity contribution in [3.63, 3.8) is 0 Å². The highest BCUT2D eigenvalue weighted by Crippen LogP contribution is 2.39. The van der Waals surface area contributed by atoms with Crippen molar-refractivity contribution in [3.05, 3.63) is 52.6 Å². The third-order valence-electron chi connectivity index (χ3n) is 5.31. The van der Waals surface area contributed by atoms with Crippen LogP contribution in [-0.2, 0) is 18.3 Å². The molecule has 0 unspecified atom stereocenters. The zero-order chi connectivity index (χ0) is 19.0. The van der Waals surface area contributed by atoms with Gasteiger partial charge in [-0.1, -0.05) is 39.3 Å². The van der Waals surface area contributed by atoms with E-state index in [1.165, 1.54) is 29.8 Å². The summed E-state index contributed by atoms with van der Waals surface area (Å²) in [7, 11) is 0. The minimum atomic E-state index is -0.223. The fourth-order valence-corrected chi connectivity index (χ4v) is 4.02. The van der Waals surface area contributed by atoms with Gasteiger partial charge in [-0.3, -0.25) is 4.98 Å². The monoisotopic (exact) mass is 364 g/mol. The molecule has 4 nitrogen and oxygen atoms in total. The molecule has 0 bridgehead atoms. The van der Waals surface area contributed by atoms with Crippen LogP contribution in [0.4, 0.5) is 4.39 Å². The molecule has 1 aliphatic carbocycles. The van der Waals surface area contributed by atoms with Gasteiger partial charge in [0.05, 0.1) is 11.4 Å². The van der Waals surface area contributed by atoms with Gasteiger partial charge in [0.2, 0.25) is 0 Å². The molecule has 2 heterocycles. The SMILES string of the molecule is CC(C)(C)c1nc2c(c(-c3ccc(F)cc3)c1C1=NN=NC1)CCCCC2. The van der Waals surface area contributed by atoms with Gasteiger partial charge in [-0.05, 0) is 59.7 Å². The van der Waals surface area contributed by atoms with Crippen LogP contribution in [0.15, 0.2) is 39.7 Å². The number of pyridine rings is 1. The summed E-state index contributed by atoms with van der Waals surface area (Å²) in [5.74, 6) is -0.223. The van der Waals surface area contributed by atoms with E-state index in [4.69, 9.17) is 4.98 Å². The Kier molecular flexibility index (Phi) is 4.62. The quantitative estimate of drug-likeness (QED) is 0.638. The molecule has 27 heavy (non-hydrogen) atoms. The third kappa shape index (κ3) is 3.43. The molecule has 1 aliphatic heterocycles. The summed E-state index contributed by atoms with van der Waals surface area (Å²) in [5.41, 5.74) is 7.44. The van der Waals surface area contributed by atoms with Crippen molar-refractivity contribution < 1.29 is 4.39 Å². The molecule has 0 radical (unpaired) electrons. The van der Waals surface area contributed by atoms with Crippen molar-refractivity contribution in [1.29, 1.82) is 0 Å². The topological polar surface area (TPSA) is 50.0 Å². The van der Waals surface area contributed by atoms with Crippen LogP contribution in [0.1, 0.15) is 62.5 Å². The van der Waals surface area contributed by atoms with Gasteiger partial charge >= 0.3 is 0 Å². The molecular weight excluding hydrogens is 339 g/mol. The van der Waals surface area contributed by atoms with E-state index < -0.39 is 0 Å². The molecule has 0 fully saturated rings. The van der Waals surface area contributed by atoms with E-state index in [0.717, 1.165) is 53.8 Å². The van der Waals surface area contributed by atoms with Gasteiger partial charge in [-0.2, -0.15) is 5.11 Å². The molecule has 1 aromatic heterocycles. The highest BCUT2D eigenvalue weighted by atomic mass is 19.1. The maximum atomic E-state index is 13.6. The van der Waals surface area contributed by atoms with Crippen molar-refractivity contribution in [1.82, 2.24) is 4.98 Å². The minimum Gasteiger partial charge on any atom is -0.256 e. The normalized spacial score (nSPS) is 16.8. The molecule has 2 aromatic rings. The number of hydrogen-bond acceptors (Lipinski definition) is 4. The second kappa shape index (κ2) is 6.95. The summed E-state index contributed by atoms with van der Waals surface area (Å²) in [6, 6.07) is 6.81. The molecule has 0 N–H and O–H groups in total. The summed E-state index contributed by atoms with van der Waals surface area (Å²) in [4.78, 5) is 5.15. The summed E-state index contributed by atoms with van der Waals surface area (Å²) >= 11 is 0. The molecule has 0 saturated carbocycles. The van der Waals surface area contributed by atoms with E-state index in [1.807, 2.05) is 12.1 Å². The lowest BCUT2D eigenvalue weighted by molar-refractivity contribution is 0.563. The van der Waals surface area contributed by atoms with Crippen LogP contribution in [0.25, 0.3) is 11.1 Å². The van der Waals surface area contributed by atoms with Crippen LogP contribution in [0.5, 0.6) is 0 Å². The summed E-state index contributed by atoms with van der Waals surface area (Å²) in [6.07, 6.45) is 5.52. The van der Waals surface area contributed by atoms with Gasteiger partial charge in [0.25, 0.3) is 0 Å². The van der Waals surface area contributed by atoms with Crippen molar-refractivity contribution in [2.24, 2.45) is 15.4 Å². The smallest absolute Gasteiger partial charge is 0.123 e. The highest BCUT2D eigenvalue weighted by Gasteiger charge is 2.30. The Hall–Kier alpha value is -2.43. The lowest BCUT2D eigenvalue weighted by atomic mass is 9.80. The predicted octanol–water partition coefficient (Wildman–Crippen LogP) is 5.62. The van der Waals surface area contributed by atoms with E-state index in [-0.39, 0.29) is 11.2 Å². The van der Waals surface area contributed by atoms with E-state index in [9.17, 15) is 4.39 Å². The first-order valence-corrected chi connectivity index (χ1v) is 9.71. The molecular formula is C22H25FN4. The van der Waals surface area contributed by atoms with Crippen LogP contribution < -0.4 is 0 Å². The van der Waals surface area contributed by atoms with Gasteiger partial charge in [-0.15, -0.1) is 5.10 Å². The fourth-order valence-electron chi connectivity index (χ4n) is 4.02. The minimum absolute atomic E-state index is 0.142. The Morgan fingerprint density at radius 1 is 0.926 bits per heavy atom. The summed E-state index contributed by atoms with van der Waals surface area (Å²) < 4.78 is 13.6. The zero-order valence-electron chi connectivity index (χ0n) is 16.2. The van der Waals surface area contributed by atoms with Gasteiger partial charge in [-0.25, -0.2) is 4.39 Å². The number of aryl methyl sites for hydroxylation is 1. The van der Waals surface area contributed by atoms with E-state index in [0.29, 0.717) is 6.54 Å². The second-order valence-electron chi connectivity index (χ2n) is 8.39. The molecule has 2 aliphatic rings. The molecule has 0 amide bonds. The predicted molar refractivity (Wildman–Crippen MR) is 106 cm³/mol.